The van der Waals surface area contributed by atoms with Crippen molar-refractivity contribution in [1.82, 2.24) is 9.97 Å². The number of aromatic nitrogens is 2. The molecule has 1 aromatic heterocycles. The highest BCUT2D eigenvalue weighted by atomic mass is 16.5. The summed E-state index contributed by atoms with van der Waals surface area (Å²) in [5, 5.41) is 0. The topological polar surface area (TPSA) is 79.5 Å². The molecule has 2 unspecified atom stereocenters. The van der Waals surface area contributed by atoms with Gasteiger partial charge in [0.25, 0.3) is 0 Å². The molecule has 2 atom stereocenters. The number of methoxy groups -OCH3 is 3. The fraction of sp³-hybridized carbons (Fsp3) is 0.667. The predicted molar refractivity (Wildman–Crippen MR) is 67.8 cm³/mol. The number of nitrogens with zero attached hydrogens (tertiary/aromatic N) is 2. The molecule has 0 aliphatic heterocycles. The fourth-order valence-corrected chi connectivity index (χ4v) is 1.61. The number of rotatable bonds is 6. The van der Waals surface area contributed by atoms with Gasteiger partial charge in [-0.2, -0.15) is 4.98 Å². The first-order valence-electron chi connectivity index (χ1n) is 5.78. The maximum absolute atomic E-state index is 6.21. The third-order valence-electron chi connectivity index (χ3n) is 3.27. The molecule has 1 rings (SSSR count). The van der Waals surface area contributed by atoms with Gasteiger partial charge in [-0.1, -0.05) is 6.92 Å². The van der Waals surface area contributed by atoms with Gasteiger partial charge in [0.05, 0.1) is 32.1 Å². The standard InChI is InChI=1S/C12H21N3O3/c1-6-12(2,18-5)10(13)9-11(17-4)15-8(16-3)7-14-9/h7,10H,6,13H2,1-5H3. The van der Waals surface area contributed by atoms with Crippen LogP contribution in [0.1, 0.15) is 32.0 Å². The van der Waals surface area contributed by atoms with Crippen molar-refractivity contribution in [3.05, 3.63) is 11.9 Å². The molecular weight excluding hydrogens is 234 g/mol. The molecule has 1 aromatic rings. The Bertz CT molecular complexity index is 394. The number of nitrogens with two attached hydrogens (primary N) is 1. The van der Waals surface area contributed by atoms with Crippen molar-refractivity contribution in [3.8, 4) is 11.8 Å². The summed E-state index contributed by atoms with van der Waals surface area (Å²) in [4.78, 5) is 8.44. The molecule has 0 amide bonds. The van der Waals surface area contributed by atoms with Crippen molar-refractivity contribution in [2.45, 2.75) is 31.9 Å². The molecule has 2 N–H and O–H groups in total. The quantitative estimate of drug-likeness (QED) is 0.825. The number of ether oxygens (including phenoxy) is 3. The van der Waals surface area contributed by atoms with Crippen LogP contribution in [-0.4, -0.2) is 36.9 Å². The van der Waals surface area contributed by atoms with Crippen LogP contribution >= 0.6 is 0 Å². The predicted octanol–water partition coefficient (Wildman–Crippen LogP) is 1.31. The lowest BCUT2D eigenvalue weighted by molar-refractivity contribution is -0.0211. The third kappa shape index (κ3) is 2.70. The SMILES string of the molecule is CCC(C)(OC)C(N)c1ncc(OC)nc1OC. The second-order valence-electron chi connectivity index (χ2n) is 4.15. The van der Waals surface area contributed by atoms with Crippen LogP contribution < -0.4 is 15.2 Å². The van der Waals surface area contributed by atoms with E-state index < -0.39 is 11.6 Å². The van der Waals surface area contributed by atoms with Crippen LogP contribution in [0.25, 0.3) is 0 Å². The first-order valence-corrected chi connectivity index (χ1v) is 5.78. The zero-order valence-corrected chi connectivity index (χ0v) is 11.6. The van der Waals surface area contributed by atoms with Crippen molar-refractivity contribution in [2.75, 3.05) is 21.3 Å². The molecule has 0 saturated heterocycles. The lowest BCUT2D eigenvalue weighted by atomic mass is 9.91. The summed E-state index contributed by atoms with van der Waals surface area (Å²) in [6, 6.07) is -0.430. The highest BCUT2D eigenvalue weighted by Crippen LogP contribution is 2.32. The molecule has 0 aliphatic rings. The van der Waals surface area contributed by atoms with Gasteiger partial charge in [0.2, 0.25) is 11.8 Å². The van der Waals surface area contributed by atoms with Crippen LogP contribution in [0.2, 0.25) is 0 Å². The first kappa shape index (κ1) is 14.7. The third-order valence-corrected chi connectivity index (χ3v) is 3.27. The van der Waals surface area contributed by atoms with Crippen molar-refractivity contribution in [1.29, 1.82) is 0 Å². The Kier molecular flexibility index (Phi) is 4.86. The molecule has 6 nitrogen and oxygen atoms in total. The van der Waals surface area contributed by atoms with Crippen molar-refractivity contribution < 1.29 is 14.2 Å². The average molecular weight is 255 g/mol. The average Bonchev–Trinajstić information content (AvgIpc) is 2.44. The van der Waals surface area contributed by atoms with E-state index in [2.05, 4.69) is 9.97 Å². The zero-order chi connectivity index (χ0) is 13.8. The van der Waals surface area contributed by atoms with E-state index in [1.54, 1.807) is 7.11 Å². The van der Waals surface area contributed by atoms with Gasteiger partial charge in [0, 0.05) is 7.11 Å². The number of hydrogen-bond acceptors (Lipinski definition) is 6. The normalized spacial score (nSPS) is 15.9. The molecule has 18 heavy (non-hydrogen) atoms. The number of hydrogen-bond donors (Lipinski definition) is 1. The molecule has 0 spiro atoms. The molecule has 0 saturated carbocycles. The Morgan fingerprint density at radius 1 is 1.33 bits per heavy atom. The minimum absolute atomic E-state index is 0.360. The fourth-order valence-electron chi connectivity index (χ4n) is 1.61. The van der Waals surface area contributed by atoms with Crippen LogP contribution in [0, 0.1) is 0 Å². The lowest BCUT2D eigenvalue weighted by Gasteiger charge is -2.33. The molecule has 102 valence electrons. The van der Waals surface area contributed by atoms with Crippen LogP contribution in [0.3, 0.4) is 0 Å². The van der Waals surface area contributed by atoms with Gasteiger partial charge in [0.1, 0.15) is 5.69 Å². The second kappa shape index (κ2) is 5.97. The van der Waals surface area contributed by atoms with Gasteiger partial charge in [-0.05, 0) is 13.3 Å². The summed E-state index contributed by atoms with van der Waals surface area (Å²) in [6.07, 6.45) is 2.27. The molecule has 0 aliphatic carbocycles. The van der Waals surface area contributed by atoms with Gasteiger partial charge in [-0.3, -0.25) is 0 Å². The van der Waals surface area contributed by atoms with E-state index in [4.69, 9.17) is 19.9 Å². The summed E-state index contributed by atoms with van der Waals surface area (Å²) in [5.74, 6) is 0.747. The smallest absolute Gasteiger partial charge is 0.240 e. The molecule has 0 bridgehead atoms. The monoisotopic (exact) mass is 255 g/mol. The van der Waals surface area contributed by atoms with Crippen molar-refractivity contribution in [3.63, 3.8) is 0 Å². The van der Waals surface area contributed by atoms with E-state index in [-0.39, 0.29) is 0 Å². The second-order valence-corrected chi connectivity index (χ2v) is 4.15. The highest BCUT2D eigenvalue weighted by Gasteiger charge is 2.34. The van der Waals surface area contributed by atoms with E-state index in [1.807, 2.05) is 13.8 Å². The van der Waals surface area contributed by atoms with Crippen LogP contribution in [0.4, 0.5) is 0 Å². The van der Waals surface area contributed by atoms with E-state index in [1.165, 1.54) is 20.4 Å². The molecule has 0 aromatic carbocycles. The van der Waals surface area contributed by atoms with Crippen LogP contribution in [0.15, 0.2) is 6.20 Å². The van der Waals surface area contributed by atoms with E-state index in [0.717, 1.165) is 6.42 Å². The van der Waals surface area contributed by atoms with Gasteiger partial charge < -0.3 is 19.9 Å². The largest absolute Gasteiger partial charge is 0.480 e. The van der Waals surface area contributed by atoms with Crippen LogP contribution in [0.5, 0.6) is 11.8 Å². The van der Waals surface area contributed by atoms with E-state index in [9.17, 15) is 0 Å². The molecule has 1 heterocycles. The summed E-state index contributed by atoms with van der Waals surface area (Å²) in [6.45, 7) is 3.94. The summed E-state index contributed by atoms with van der Waals surface area (Å²) in [7, 11) is 4.68. The lowest BCUT2D eigenvalue weighted by Crippen LogP contribution is -2.40. The Labute approximate surface area is 107 Å². The summed E-state index contributed by atoms with van der Waals surface area (Å²) < 4.78 is 15.7. The van der Waals surface area contributed by atoms with Crippen molar-refractivity contribution in [2.24, 2.45) is 5.73 Å². The summed E-state index contributed by atoms with van der Waals surface area (Å²) >= 11 is 0. The summed E-state index contributed by atoms with van der Waals surface area (Å²) in [5.41, 5.74) is 6.26. The minimum Gasteiger partial charge on any atom is -0.480 e. The van der Waals surface area contributed by atoms with Gasteiger partial charge >= 0.3 is 0 Å². The minimum atomic E-state index is -0.517. The van der Waals surface area contributed by atoms with Gasteiger partial charge in [-0.15, -0.1) is 0 Å². The molecule has 0 fully saturated rings. The van der Waals surface area contributed by atoms with E-state index >= 15 is 0 Å². The maximum atomic E-state index is 6.21. The van der Waals surface area contributed by atoms with Crippen LogP contribution in [-0.2, 0) is 4.74 Å². The Morgan fingerprint density at radius 2 is 2.00 bits per heavy atom. The van der Waals surface area contributed by atoms with Gasteiger partial charge in [-0.25, -0.2) is 4.98 Å². The van der Waals surface area contributed by atoms with Gasteiger partial charge in [0.15, 0.2) is 0 Å². The zero-order valence-electron chi connectivity index (χ0n) is 11.6. The molecular formula is C12H21N3O3. The Balaban J connectivity index is 3.16. The first-order chi connectivity index (χ1) is 8.52. The molecule has 6 heteroatoms. The van der Waals surface area contributed by atoms with E-state index in [0.29, 0.717) is 17.5 Å². The Morgan fingerprint density at radius 3 is 2.44 bits per heavy atom. The maximum Gasteiger partial charge on any atom is 0.240 e. The Hall–Kier alpha value is -1.40. The molecule has 0 radical (unpaired) electrons. The van der Waals surface area contributed by atoms with Crippen molar-refractivity contribution >= 4 is 0 Å². The highest BCUT2D eigenvalue weighted by molar-refractivity contribution is 5.27.